The van der Waals surface area contributed by atoms with Crippen LogP contribution in [0.4, 0.5) is 8.78 Å². The highest BCUT2D eigenvalue weighted by atomic mass is 35.5. The maximum Gasteiger partial charge on any atom is 0.341 e. The molecule has 0 aliphatic carbocycles. The van der Waals surface area contributed by atoms with Gasteiger partial charge in [0.15, 0.2) is 0 Å². The van der Waals surface area contributed by atoms with E-state index < -0.39 is 26.4 Å². The summed E-state index contributed by atoms with van der Waals surface area (Å²) in [5, 5.41) is 7.47. The number of rotatable bonds is 6. The molecule has 6 nitrogen and oxygen atoms in total. The lowest BCUT2D eigenvalue weighted by molar-refractivity contribution is 0.0951. The molecule has 0 aliphatic heterocycles. The molecule has 1 heterocycles. The van der Waals surface area contributed by atoms with Crippen molar-refractivity contribution in [2.24, 2.45) is 0 Å². The van der Waals surface area contributed by atoms with Crippen molar-refractivity contribution in [3.63, 3.8) is 0 Å². The quantitative estimate of drug-likeness (QED) is 0.655. The third-order valence-corrected chi connectivity index (χ3v) is 5.51. The molecule has 0 saturated heterocycles. The van der Waals surface area contributed by atoms with Crippen LogP contribution in [0.3, 0.4) is 0 Å². The zero-order chi connectivity index (χ0) is 20.3. The first kappa shape index (κ1) is 20.0. The number of hydrogen-bond acceptors (Lipinski definition) is 4. The number of carbonyl (C=O) groups is 1. The fraction of sp³-hybridized carbons (Fsp3) is 0.111. The van der Waals surface area contributed by atoms with E-state index in [0.717, 1.165) is 23.4 Å². The predicted octanol–water partition coefficient (Wildman–Crippen LogP) is 3.45. The Morgan fingerprint density at radius 1 is 1.11 bits per heavy atom. The lowest BCUT2D eigenvalue weighted by atomic mass is 10.2. The molecule has 2 aromatic carbocycles. The van der Waals surface area contributed by atoms with E-state index in [-0.39, 0.29) is 12.1 Å². The van der Waals surface area contributed by atoms with Crippen LogP contribution in [0.2, 0.25) is 5.02 Å². The van der Waals surface area contributed by atoms with Crippen LogP contribution >= 0.6 is 11.6 Å². The van der Waals surface area contributed by atoms with Gasteiger partial charge in [0, 0.05) is 28.9 Å². The number of carbonyl (C=O) groups excluding carboxylic acids is 1. The molecule has 0 unspecified atom stereocenters. The number of alkyl halides is 2. The summed E-state index contributed by atoms with van der Waals surface area (Å²) in [4.78, 5) is 11.6. The van der Waals surface area contributed by atoms with Crippen LogP contribution in [-0.2, 0) is 16.4 Å². The number of sulfone groups is 1. The fourth-order valence-corrected chi connectivity index (χ4v) is 3.22. The average Bonchev–Trinajstić information content (AvgIpc) is 3.15. The first-order valence-electron chi connectivity index (χ1n) is 7.97. The molecule has 10 heteroatoms. The number of nitrogens with zero attached hydrogens (tertiary/aromatic N) is 2. The van der Waals surface area contributed by atoms with Gasteiger partial charge in [0.1, 0.15) is 0 Å². The molecule has 0 saturated carbocycles. The summed E-state index contributed by atoms with van der Waals surface area (Å²) in [6.07, 6.45) is 3.33. The number of benzene rings is 2. The van der Waals surface area contributed by atoms with Crippen molar-refractivity contribution in [1.29, 1.82) is 0 Å². The van der Waals surface area contributed by atoms with E-state index >= 15 is 0 Å². The molecule has 3 rings (SSSR count). The van der Waals surface area contributed by atoms with Crippen LogP contribution in [0.15, 0.2) is 65.8 Å². The number of halogens is 3. The lowest BCUT2D eigenvalue weighted by Crippen LogP contribution is -2.22. The SMILES string of the molecule is O=C(NCc1cnn(-c2ccc(Cl)cc2)c1)c1ccc(S(=O)(=O)C(F)F)cc1. The molecule has 1 amide bonds. The van der Waals surface area contributed by atoms with Crippen LogP contribution in [0.5, 0.6) is 0 Å². The highest BCUT2D eigenvalue weighted by Crippen LogP contribution is 2.19. The number of amides is 1. The van der Waals surface area contributed by atoms with E-state index in [9.17, 15) is 22.0 Å². The van der Waals surface area contributed by atoms with Gasteiger partial charge < -0.3 is 5.32 Å². The molecule has 146 valence electrons. The minimum atomic E-state index is -4.69. The maximum absolute atomic E-state index is 12.5. The zero-order valence-corrected chi connectivity index (χ0v) is 15.8. The number of aromatic nitrogens is 2. The monoisotopic (exact) mass is 425 g/mol. The van der Waals surface area contributed by atoms with Gasteiger partial charge in [-0.1, -0.05) is 11.6 Å². The minimum absolute atomic E-state index is 0.151. The standard InChI is InChI=1S/C18H14ClF2N3O3S/c19-14-3-5-15(6-4-14)24-11-12(10-23-24)9-22-17(25)13-1-7-16(8-2-13)28(26,27)18(20)21/h1-8,10-11,18H,9H2,(H,22,25). The highest BCUT2D eigenvalue weighted by molar-refractivity contribution is 7.91. The van der Waals surface area contributed by atoms with Gasteiger partial charge in [-0.3, -0.25) is 4.79 Å². The molecular weight excluding hydrogens is 412 g/mol. The Hall–Kier alpha value is -2.78. The van der Waals surface area contributed by atoms with Crippen molar-refractivity contribution in [2.75, 3.05) is 0 Å². The van der Waals surface area contributed by atoms with Gasteiger partial charge in [-0.25, -0.2) is 13.1 Å². The van der Waals surface area contributed by atoms with Crippen LogP contribution in [-0.4, -0.2) is 29.9 Å². The fourth-order valence-electron chi connectivity index (χ4n) is 2.37. The molecule has 0 radical (unpaired) electrons. The van der Waals surface area contributed by atoms with Gasteiger partial charge in [-0.15, -0.1) is 0 Å². The van der Waals surface area contributed by atoms with E-state index in [1.54, 1.807) is 41.3 Å². The second-order valence-corrected chi connectivity index (χ2v) is 8.14. The summed E-state index contributed by atoms with van der Waals surface area (Å²) in [6, 6.07) is 11.4. The Bertz CT molecular complexity index is 1080. The minimum Gasteiger partial charge on any atom is -0.348 e. The molecule has 28 heavy (non-hydrogen) atoms. The average molecular weight is 426 g/mol. The van der Waals surface area contributed by atoms with Crippen LogP contribution < -0.4 is 5.32 Å². The van der Waals surface area contributed by atoms with E-state index in [1.165, 1.54) is 12.1 Å². The Kier molecular flexibility index (Phi) is 5.76. The Labute approximate surface area is 164 Å². The van der Waals surface area contributed by atoms with E-state index in [4.69, 9.17) is 11.6 Å². The second-order valence-electron chi connectivity index (χ2n) is 5.78. The molecule has 0 bridgehead atoms. The van der Waals surface area contributed by atoms with Gasteiger partial charge in [0.25, 0.3) is 5.91 Å². The smallest absolute Gasteiger partial charge is 0.341 e. The Morgan fingerprint density at radius 2 is 1.75 bits per heavy atom. The third kappa shape index (κ3) is 4.37. The van der Waals surface area contributed by atoms with Gasteiger partial charge in [0.2, 0.25) is 9.84 Å². The molecule has 0 fully saturated rings. The Balaban J connectivity index is 1.64. The van der Waals surface area contributed by atoms with Gasteiger partial charge >= 0.3 is 5.76 Å². The van der Waals surface area contributed by atoms with Crippen molar-refractivity contribution in [2.45, 2.75) is 17.2 Å². The summed E-state index contributed by atoms with van der Waals surface area (Å²) in [5.74, 6) is -3.98. The first-order chi connectivity index (χ1) is 13.3. The topological polar surface area (TPSA) is 81.1 Å². The number of hydrogen-bond donors (Lipinski definition) is 1. The summed E-state index contributed by atoms with van der Waals surface area (Å²) in [5.41, 5.74) is 1.69. The molecular formula is C18H14ClF2N3O3S. The molecule has 1 N–H and O–H groups in total. The van der Waals surface area contributed by atoms with Crippen molar-refractivity contribution in [1.82, 2.24) is 15.1 Å². The van der Waals surface area contributed by atoms with Crippen LogP contribution in [0.1, 0.15) is 15.9 Å². The summed E-state index contributed by atoms with van der Waals surface area (Å²) < 4.78 is 49.5. The number of nitrogens with one attached hydrogen (secondary N) is 1. The first-order valence-corrected chi connectivity index (χ1v) is 9.89. The van der Waals surface area contributed by atoms with Crippen LogP contribution in [0.25, 0.3) is 5.69 Å². The summed E-state index contributed by atoms with van der Waals surface area (Å²) in [6.45, 7) is 0.184. The van der Waals surface area contributed by atoms with Crippen molar-refractivity contribution >= 4 is 27.3 Å². The molecule has 1 aromatic heterocycles. The van der Waals surface area contributed by atoms with Gasteiger partial charge in [-0.2, -0.15) is 13.9 Å². The van der Waals surface area contributed by atoms with Crippen molar-refractivity contribution < 1.29 is 22.0 Å². The molecule has 0 atom stereocenters. The van der Waals surface area contributed by atoms with Gasteiger partial charge in [0.05, 0.1) is 16.8 Å². The highest BCUT2D eigenvalue weighted by Gasteiger charge is 2.26. The lowest BCUT2D eigenvalue weighted by Gasteiger charge is -2.06. The van der Waals surface area contributed by atoms with E-state index in [2.05, 4.69) is 10.4 Å². The normalized spacial score (nSPS) is 11.6. The van der Waals surface area contributed by atoms with Crippen molar-refractivity contribution in [3.8, 4) is 5.69 Å². The second kappa shape index (κ2) is 8.07. The largest absolute Gasteiger partial charge is 0.348 e. The van der Waals surface area contributed by atoms with Crippen LogP contribution in [0, 0.1) is 0 Å². The third-order valence-electron chi connectivity index (χ3n) is 3.86. The molecule has 3 aromatic rings. The Morgan fingerprint density at radius 3 is 2.36 bits per heavy atom. The molecule has 0 spiro atoms. The van der Waals surface area contributed by atoms with Gasteiger partial charge in [-0.05, 0) is 48.5 Å². The van der Waals surface area contributed by atoms with E-state index in [0.29, 0.717) is 5.02 Å². The summed E-state index contributed by atoms with van der Waals surface area (Å²) >= 11 is 5.85. The summed E-state index contributed by atoms with van der Waals surface area (Å²) in [7, 11) is -4.69. The molecule has 0 aliphatic rings. The van der Waals surface area contributed by atoms with E-state index in [1.807, 2.05) is 0 Å². The maximum atomic E-state index is 12.5. The predicted molar refractivity (Wildman–Crippen MR) is 99.4 cm³/mol. The van der Waals surface area contributed by atoms with Crippen molar-refractivity contribution in [3.05, 3.63) is 77.1 Å². The zero-order valence-electron chi connectivity index (χ0n) is 14.2.